The van der Waals surface area contributed by atoms with Gasteiger partial charge in [0.2, 0.25) is 0 Å². The summed E-state index contributed by atoms with van der Waals surface area (Å²) in [6, 6.07) is 0. The predicted molar refractivity (Wildman–Crippen MR) is 58.7 cm³/mol. The molecule has 0 aliphatic rings. The second-order valence-electron chi connectivity index (χ2n) is 2.19. The Labute approximate surface area is 98.1 Å². The maximum absolute atomic E-state index is 5.32. The van der Waals surface area contributed by atoms with Crippen molar-refractivity contribution in [2.75, 3.05) is 6.54 Å². The van der Waals surface area contributed by atoms with Crippen LogP contribution in [0.25, 0.3) is 0 Å². The van der Waals surface area contributed by atoms with E-state index in [1.54, 1.807) is 22.5 Å². The molecule has 0 aromatic rings. The summed E-state index contributed by atoms with van der Waals surface area (Å²) in [5.41, 5.74) is 5.32. The molecule has 1 atom stereocenters. The Morgan fingerprint density at radius 3 is 2.10 bits per heavy atom. The average molecular weight is 381 g/mol. The third-order valence-corrected chi connectivity index (χ3v) is 1.92. The molecule has 0 bridgehead atoms. The molecular formula is C6H16Br2NSn. The monoisotopic (exact) mass is 380 g/mol. The molecular weight excluding hydrogens is 365 g/mol. The van der Waals surface area contributed by atoms with Gasteiger partial charge in [-0.3, -0.25) is 0 Å². The summed E-state index contributed by atoms with van der Waals surface area (Å²) >= 11 is 1.66. The summed E-state index contributed by atoms with van der Waals surface area (Å²) in [6.07, 6.45) is 3.90. The average Bonchev–Trinajstić information content (AvgIpc) is 1.66. The fraction of sp³-hybridized carbons (Fsp3) is 1.00. The first-order chi connectivity index (χ1) is 3.77. The summed E-state index contributed by atoms with van der Waals surface area (Å²) in [5, 5.41) is 0. The molecule has 1 nitrogen and oxygen atoms in total. The van der Waals surface area contributed by atoms with Crippen LogP contribution < -0.4 is 5.73 Å². The minimum atomic E-state index is 0. The second-order valence-corrected chi connectivity index (χ2v) is 5.00. The molecule has 1 unspecified atom stereocenters. The molecule has 0 saturated heterocycles. The van der Waals surface area contributed by atoms with E-state index in [-0.39, 0.29) is 34.0 Å². The molecule has 0 rings (SSSR count). The fourth-order valence-corrected chi connectivity index (χ4v) is 1.18. The number of hydrogen-bond donors (Lipinski definition) is 1. The summed E-state index contributed by atoms with van der Waals surface area (Å²) in [5.74, 6) is 0. The van der Waals surface area contributed by atoms with Crippen LogP contribution in [0.1, 0.15) is 26.2 Å². The van der Waals surface area contributed by atoms with Crippen LogP contribution in [0, 0.1) is 0 Å². The van der Waals surface area contributed by atoms with Gasteiger partial charge in [0.15, 0.2) is 0 Å². The molecule has 2 N–H and O–H groups in total. The van der Waals surface area contributed by atoms with Gasteiger partial charge in [-0.25, -0.2) is 0 Å². The van der Waals surface area contributed by atoms with Gasteiger partial charge in [-0.1, -0.05) is 0 Å². The fourth-order valence-electron chi connectivity index (χ4n) is 0.595. The zero-order chi connectivity index (χ0) is 6.41. The second kappa shape index (κ2) is 13.3. The first-order valence-electron chi connectivity index (χ1n) is 3.18. The van der Waals surface area contributed by atoms with Crippen molar-refractivity contribution in [1.29, 1.82) is 0 Å². The van der Waals surface area contributed by atoms with Gasteiger partial charge in [-0.15, -0.1) is 34.0 Å². The van der Waals surface area contributed by atoms with Crippen LogP contribution in [0.15, 0.2) is 0 Å². The van der Waals surface area contributed by atoms with Gasteiger partial charge in [-0.2, -0.15) is 0 Å². The molecule has 0 aromatic heterocycles. The van der Waals surface area contributed by atoms with Gasteiger partial charge in [0.25, 0.3) is 0 Å². The normalized spacial score (nSPS) is 11.1. The number of rotatable bonds is 4. The quantitative estimate of drug-likeness (QED) is 0.587. The van der Waals surface area contributed by atoms with Crippen molar-refractivity contribution in [3.05, 3.63) is 0 Å². The van der Waals surface area contributed by atoms with Crippen molar-refractivity contribution in [2.24, 2.45) is 5.73 Å². The van der Waals surface area contributed by atoms with E-state index in [0.717, 1.165) is 10.5 Å². The molecule has 0 fully saturated rings. The van der Waals surface area contributed by atoms with Crippen molar-refractivity contribution in [3.63, 3.8) is 0 Å². The molecule has 3 radical (unpaired) electrons. The topological polar surface area (TPSA) is 26.0 Å². The standard InChI is InChI=1S/C6H14N.2BrH.Sn/c1-2-3-4-5-6-7;;;/h2H,3-7H2,1H3;2*1H;. The Morgan fingerprint density at radius 1 is 1.30 bits per heavy atom. The van der Waals surface area contributed by atoms with Crippen molar-refractivity contribution >= 4 is 56.5 Å². The van der Waals surface area contributed by atoms with E-state index >= 15 is 0 Å². The first kappa shape index (κ1) is 17.7. The van der Waals surface area contributed by atoms with Crippen molar-refractivity contribution in [1.82, 2.24) is 0 Å². The van der Waals surface area contributed by atoms with E-state index in [9.17, 15) is 0 Å². The van der Waals surface area contributed by atoms with Gasteiger partial charge >= 0.3 is 64.9 Å². The van der Waals surface area contributed by atoms with Crippen molar-refractivity contribution in [3.8, 4) is 0 Å². The third-order valence-electron chi connectivity index (χ3n) is 1.09. The molecule has 10 heavy (non-hydrogen) atoms. The SMILES string of the molecule is Br.Br.C[CH]([Sn])CCCCN. The Balaban J connectivity index is -0.000000245. The van der Waals surface area contributed by atoms with Gasteiger partial charge < -0.3 is 0 Å². The molecule has 0 aliphatic heterocycles. The maximum atomic E-state index is 5.32. The summed E-state index contributed by atoms with van der Waals surface area (Å²) in [6.45, 7) is 3.15. The third kappa shape index (κ3) is 16.4. The van der Waals surface area contributed by atoms with E-state index in [2.05, 4.69) is 6.92 Å². The minimum absolute atomic E-state index is 0. The van der Waals surface area contributed by atoms with Crippen LogP contribution >= 0.6 is 34.0 Å². The zero-order valence-electron chi connectivity index (χ0n) is 6.30. The van der Waals surface area contributed by atoms with E-state index in [0.29, 0.717) is 0 Å². The summed E-state index contributed by atoms with van der Waals surface area (Å²) in [4.78, 5) is 0. The van der Waals surface area contributed by atoms with E-state index < -0.39 is 0 Å². The molecule has 0 aliphatic carbocycles. The van der Waals surface area contributed by atoms with Crippen LogP contribution in [0.5, 0.6) is 0 Å². The van der Waals surface area contributed by atoms with Gasteiger partial charge in [0, 0.05) is 0 Å². The summed E-state index contributed by atoms with van der Waals surface area (Å²) < 4.78 is 0.939. The number of nitrogens with two attached hydrogens (primary N) is 1. The first-order valence-corrected chi connectivity index (χ1v) is 4.83. The molecule has 0 spiro atoms. The molecule has 0 amide bonds. The van der Waals surface area contributed by atoms with E-state index in [1.165, 1.54) is 19.3 Å². The Hall–Kier alpha value is 1.72. The van der Waals surface area contributed by atoms with E-state index in [4.69, 9.17) is 5.73 Å². The van der Waals surface area contributed by atoms with Gasteiger partial charge in [0.05, 0.1) is 0 Å². The Kier molecular flexibility index (Phi) is 23.6. The van der Waals surface area contributed by atoms with Crippen LogP contribution in [-0.4, -0.2) is 29.1 Å². The molecule has 63 valence electrons. The number of hydrogen-bond acceptors (Lipinski definition) is 1. The molecule has 0 heterocycles. The van der Waals surface area contributed by atoms with Crippen molar-refractivity contribution < 1.29 is 0 Å². The van der Waals surface area contributed by atoms with Crippen LogP contribution in [0.2, 0.25) is 3.93 Å². The number of halogens is 2. The molecule has 0 saturated carbocycles. The van der Waals surface area contributed by atoms with Gasteiger partial charge in [0.1, 0.15) is 0 Å². The predicted octanol–water partition coefficient (Wildman–Crippen LogP) is 2.25. The summed E-state index contributed by atoms with van der Waals surface area (Å²) in [7, 11) is 0. The zero-order valence-corrected chi connectivity index (χ0v) is 12.6. The molecule has 4 heteroatoms. The Bertz CT molecular complexity index is 53.0. The van der Waals surface area contributed by atoms with Crippen LogP contribution in [0.4, 0.5) is 0 Å². The number of unbranched alkanes of at least 4 members (excludes halogenated alkanes) is 1. The van der Waals surface area contributed by atoms with Crippen LogP contribution in [-0.2, 0) is 0 Å². The van der Waals surface area contributed by atoms with Crippen molar-refractivity contribution in [2.45, 2.75) is 30.1 Å². The van der Waals surface area contributed by atoms with Gasteiger partial charge in [-0.05, 0) is 0 Å². The molecule has 0 aromatic carbocycles. The Morgan fingerprint density at radius 2 is 1.80 bits per heavy atom. The van der Waals surface area contributed by atoms with E-state index in [1.807, 2.05) is 0 Å². The van der Waals surface area contributed by atoms with Crippen LogP contribution in [0.3, 0.4) is 0 Å².